The topological polar surface area (TPSA) is 230 Å². The van der Waals surface area contributed by atoms with Crippen LogP contribution in [0.5, 0.6) is 5.75 Å². The molecule has 3 aromatic heterocycles. The van der Waals surface area contributed by atoms with Gasteiger partial charge < -0.3 is 35.3 Å². The number of aliphatic hydroxyl groups excluding tert-OH is 2. The molecule has 17 heteroatoms. The number of tetrazole rings is 1. The SMILES string of the molecule is Nc1nc(Cl)nc2c1ncn2C1O[C@H](COC(C(=O)O)(c2ccc(OCc3ccccc3)cc2)c2nn[nH]n2)[C@@H](O)[C@H]1O. The molecule has 43 heavy (non-hydrogen) atoms. The monoisotopic (exact) mass is 609 g/mol. The Morgan fingerprint density at radius 3 is 2.58 bits per heavy atom. The maximum Gasteiger partial charge on any atom is 0.349 e. The van der Waals surface area contributed by atoms with Gasteiger partial charge >= 0.3 is 5.97 Å². The second-order valence-electron chi connectivity index (χ2n) is 9.58. The fourth-order valence-electron chi connectivity index (χ4n) is 4.80. The van der Waals surface area contributed by atoms with Gasteiger partial charge in [-0.05, 0) is 29.3 Å². The summed E-state index contributed by atoms with van der Waals surface area (Å²) in [6.45, 7) is -0.199. The quantitative estimate of drug-likeness (QED) is 0.138. The van der Waals surface area contributed by atoms with Gasteiger partial charge in [-0.2, -0.15) is 15.2 Å². The van der Waals surface area contributed by atoms with Crippen molar-refractivity contribution in [2.75, 3.05) is 12.3 Å². The Kier molecular flexibility index (Phi) is 7.59. The number of carboxylic acid groups (broad SMARTS) is 1. The summed E-state index contributed by atoms with van der Waals surface area (Å²) in [4.78, 5) is 24.9. The van der Waals surface area contributed by atoms with Crippen molar-refractivity contribution in [2.24, 2.45) is 0 Å². The van der Waals surface area contributed by atoms with Crippen LogP contribution in [0, 0.1) is 0 Å². The van der Waals surface area contributed by atoms with Crippen LogP contribution in [0.15, 0.2) is 60.9 Å². The Labute approximate surface area is 247 Å². The molecule has 1 saturated heterocycles. The van der Waals surface area contributed by atoms with Gasteiger partial charge in [-0.15, -0.1) is 10.2 Å². The fourth-order valence-corrected chi connectivity index (χ4v) is 4.97. The van der Waals surface area contributed by atoms with Gasteiger partial charge in [-0.1, -0.05) is 47.7 Å². The van der Waals surface area contributed by atoms with Gasteiger partial charge in [0.2, 0.25) is 11.1 Å². The van der Waals surface area contributed by atoms with Crippen LogP contribution in [0.3, 0.4) is 0 Å². The number of hydrogen-bond acceptors (Lipinski definition) is 13. The third-order valence-electron chi connectivity index (χ3n) is 6.97. The Hall–Kier alpha value is -4.74. The number of halogens is 1. The van der Waals surface area contributed by atoms with Crippen LogP contribution in [0.4, 0.5) is 5.82 Å². The van der Waals surface area contributed by atoms with Crippen molar-refractivity contribution in [3.8, 4) is 5.75 Å². The summed E-state index contributed by atoms with van der Waals surface area (Å²) in [7, 11) is 0. The average Bonchev–Trinajstić information content (AvgIpc) is 3.75. The van der Waals surface area contributed by atoms with E-state index in [1.54, 1.807) is 12.1 Å². The van der Waals surface area contributed by atoms with Crippen LogP contribution >= 0.6 is 11.6 Å². The number of imidazole rings is 1. The second-order valence-corrected chi connectivity index (χ2v) is 9.92. The molecule has 0 spiro atoms. The molecule has 222 valence electrons. The first-order valence-corrected chi connectivity index (χ1v) is 13.2. The van der Waals surface area contributed by atoms with Crippen molar-refractivity contribution in [1.29, 1.82) is 0 Å². The van der Waals surface area contributed by atoms with Crippen LogP contribution in [0.1, 0.15) is 23.2 Å². The van der Waals surface area contributed by atoms with Crippen molar-refractivity contribution >= 4 is 34.6 Å². The van der Waals surface area contributed by atoms with Crippen LogP contribution < -0.4 is 10.5 Å². The number of H-pyrrole nitrogens is 1. The van der Waals surface area contributed by atoms with Crippen LogP contribution in [-0.2, 0) is 26.5 Å². The molecule has 0 bridgehead atoms. The molecule has 1 aliphatic heterocycles. The van der Waals surface area contributed by atoms with Gasteiger partial charge in [0, 0.05) is 5.56 Å². The molecule has 5 aromatic rings. The number of fused-ring (bicyclic) bond motifs is 1. The number of benzene rings is 2. The van der Waals surface area contributed by atoms with Gasteiger partial charge in [0.05, 0.1) is 12.9 Å². The lowest BCUT2D eigenvalue weighted by atomic mass is 9.92. The van der Waals surface area contributed by atoms with Gasteiger partial charge in [0.1, 0.15) is 36.2 Å². The molecule has 0 aliphatic carbocycles. The minimum absolute atomic E-state index is 0.0181. The van der Waals surface area contributed by atoms with Crippen molar-refractivity contribution in [3.05, 3.63) is 83.2 Å². The number of aromatic amines is 1. The molecule has 0 amide bonds. The van der Waals surface area contributed by atoms with E-state index in [4.69, 9.17) is 31.5 Å². The molecule has 6 rings (SSSR count). The zero-order chi connectivity index (χ0) is 30.1. The first kappa shape index (κ1) is 28.4. The van der Waals surface area contributed by atoms with E-state index in [1.807, 2.05) is 30.3 Å². The van der Waals surface area contributed by atoms with E-state index in [-0.39, 0.29) is 33.7 Å². The second kappa shape index (κ2) is 11.5. The number of carboxylic acids is 1. The highest BCUT2D eigenvalue weighted by atomic mass is 35.5. The summed E-state index contributed by atoms with van der Waals surface area (Å²) in [6, 6.07) is 15.7. The molecular weight excluding hydrogens is 586 g/mol. The highest BCUT2D eigenvalue weighted by Crippen LogP contribution is 2.37. The summed E-state index contributed by atoms with van der Waals surface area (Å²) in [6.07, 6.45) is -4.07. The summed E-state index contributed by atoms with van der Waals surface area (Å²) < 4.78 is 19.0. The highest BCUT2D eigenvalue weighted by molar-refractivity contribution is 6.28. The number of aromatic nitrogens is 8. The Morgan fingerprint density at radius 2 is 1.88 bits per heavy atom. The minimum atomic E-state index is -2.27. The molecule has 2 unspecified atom stereocenters. The largest absolute Gasteiger partial charge is 0.489 e. The lowest BCUT2D eigenvalue weighted by Gasteiger charge is -2.29. The molecule has 1 fully saturated rings. The first-order valence-electron chi connectivity index (χ1n) is 12.8. The Bertz CT molecular complexity index is 1720. The standard InChI is InChI=1S/C26H24ClN9O7/c27-25-30-20(28)17-21(31-25)36(12-29-17)22-19(38)18(37)16(43-22)11-42-26(24(39)40,23-32-34-35-33-23)14-6-8-15(9-7-14)41-10-13-4-2-1-3-5-13/h1-9,12,16,18-19,22,37-38H,10-11H2,(H,39,40)(H2,28,30,31)(H,32,33,34,35)/t16-,18-,19-,22?,26?/m1/s1. The van der Waals surface area contributed by atoms with E-state index in [9.17, 15) is 20.1 Å². The van der Waals surface area contributed by atoms with E-state index >= 15 is 0 Å². The number of nitrogen functional groups attached to an aromatic ring is 1. The fraction of sp³-hybridized carbons (Fsp3) is 0.269. The summed E-state index contributed by atoms with van der Waals surface area (Å²) in [5.74, 6) is -1.26. The molecule has 16 nitrogen and oxygen atoms in total. The Balaban J connectivity index is 1.25. The molecule has 6 N–H and O–H groups in total. The Morgan fingerprint density at radius 1 is 1.12 bits per heavy atom. The van der Waals surface area contributed by atoms with E-state index in [2.05, 4.69) is 35.6 Å². The van der Waals surface area contributed by atoms with E-state index < -0.39 is 42.7 Å². The van der Waals surface area contributed by atoms with Gasteiger partial charge in [-0.3, -0.25) is 4.57 Å². The highest BCUT2D eigenvalue weighted by Gasteiger charge is 2.51. The number of aliphatic hydroxyl groups is 2. The zero-order valence-corrected chi connectivity index (χ0v) is 22.8. The lowest BCUT2D eigenvalue weighted by Crippen LogP contribution is -2.44. The smallest absolute Gasteiger partial charge is 0.349 e. The molecule has 1 aliphatic rings. The number of hydrogen-bond donors (Lipinski definition) is 5. The number of nitrogens with two attached hydrogens (primary N) is 1. The van der Waals surface area contributed by atoms with Crippen molar-refractivity contribution in [1.82, 2.24) is 40.1 Å². The number of anilines is 1. The number of aliphatic carboxylic acids is 1. The maximum absolute atomic E-state index is 12.8. The number of nitrogens with zero attached hydrogens (tertiary/aromatic N) is 7. The predicted octanol–water partition coefficient (Wildman–Crippen LogP) is 0.818. The van der Waals surface area contributed by atoms with E-state index in [1.165, 1.54) is 23.0 Å². The minimum Gasteiger partial charge on any atom is -0.489 e. The summed E-state index contributed by atoms with van der Waals surface area (Å²) in [5.41, 5.74) is 5.08. The van der Waals surface area contributed by atoms with Gasteiger partial charge in [-0.25, -0.2) is 9.78 Å². The van der Waals surface area contributed by atoms with Crippen molar-refractivity contribution in [3.63, 3.8) is 0 Å². The third-order valence-corrected chi connectivity index (χ3v) is 7.14. The molecule has 2 aromatic carbocycles. The molecule has 0 saturated carbocycles. The molecular formula is C26H24ClN9O7. The van der Waals surface area contributed by atoms with E-state index in [0.29, 0.717) is 12.4 Å². The maximum atomic E-state index is 12.8. The van der Waals surface area contributed by atoms with Crippen molar-refractivity contribution in [2.45, 2.75) is 36.7 Å². The molecule has 4 heterocycles. The number of rotatable bonds is 10. The number of carbonyl (C=O) groups is 1. The molecule has 0 radical (unpaired) electrons. The van der Waals surface area contributed by atoms with Crippen molar-refractivity contribution < 1.29 is 34.3 Å². The van der Waals surface area contributed by atoms with Gasteiger partial charge in [0.25, 0.3) is 5.60 Å². The van der Waals surface area contributed by atoms with Gasteiger partial charge in [0.15, 0.2) is 17.7 Å². The molecule has 5 atom stereocenters. The van der Waals surface area contributed by atoms with Crippen LogP contribution in [0.2, 0.25) is 5.28 Å². The lowest BCUT2D eigenvalue weighted by molar-refractivity contribution is -0.170. The zero-order valence-electron chi connectivity index (χ0n) is 22.1. The normalized spacial score (nSPS) is 21.6. The third kappa shape index (κ3) is 5.21. The number of nitrogens with one attached hydrogen (secondary N) is 1. The van der Waals surface area contributed by atoms with Crippen LogP contribution in [-0.4, -0.2) is 86.4 Å². The first-order chi connectivity index (χ1) is 20.8. The predicted molar refractivity (Wildman–Crippen MR) is 146 cm³/mol. The number of ether oxygens (including phenoxy) is 3. The van der Waals surface area contributed by atoms with Crippen LogP contribution in [0.25, 0.3) is 11.2 Å². The van der Waals surface area contributed by atoms with E-state index in [0.717, 1.165) is 5.56 Å². The summed E-state index contributed by atoms with van der Waals surface area (Å²) in [5, 5.41) is 45.5. The average molecular weight is 610 g/mol. The summed E-state index contributed by atoms with van der Waals surface area (Å²) >= 11 is 5.95.